The summed E-state index contributed by atoms with van der Waals surface area (Å²) in [5.41, 5.74) is 1.24. The normalized spacial score (nSPS) is 14.6. The quantitative estimate of drug-likeness (QED) is 0.737. The molecular formula is C18H31NOSi. The number of nitrogens with one attached hydrogen (secondary N) is 1. The van der Waals surface area contributed by atoms with Crippen LogP contribution in [0.1, 0.15) is 33.3 Å². The lowest BCUT2D eigenvalue weighted by Crippen LogP contribution is -2.44. The molecule has 1 N–H and O–H groups in total. The molecule has 0 heterocycles. The molecule has 0 aliphatic rings. The second kappa shape index (κ2) is 7.92. The molecule has 21 heavy (non-hydrogen) atoms. The lowest BCUT2D eigenvalue weighted by atomic mass is 10.2. The van der Waals surface area contributed by atoms with Crippen molar-refractivity contribution in [2.75, 3.05) is 13.2 Å². The summed E-state index contributed by atoms with van der Waals surface area (Å²) in [6.07, 6.45) is 4.31. The van der Waals surface area contributed by atoms with Gasteiger partial charge in [0, 0.05) is 19.2 Å². The topological polar surface area (TPSA) is 21.3 Å². The Morgan fingerprint density at radius 3 is 2.38 bits per heavy atom. The van der Waals surface area contributed by atoms with Gasteiger partial charge in [-0.3, -0.25) is 0 Å². The second-order valence-electron chi connectivity index (χ2n) is 7.19. The first-order valence-corrected chi connectivity index (χ1v) is 10.7. The summed E-state index contributed by atoms with van der Waals surface area (Å²) in [5.74, 6) is 0. The Labute approximate surface area is 131 Å². The minimum atomic E-state index is -1.63. The molecule has 1 rings (SSSR count). The van der Waals surface area contributed by atoms with E-state index in [-0.39, 0.29) is 5.04 Å². The molecule has 0 aliphatic heterocycles. The molecule has 1 atom stereocenters. The fourth-order valence-electron chi connectivity index (χ4n) is 1.64. The van der Waals surface area contributed by atoms with E-state index in [1.54, 1.807) is 0 Å². The van der Waals surface area contributed by atoms with Crippen LogP contribution in [0.25, 0.3) is 6.08 Å². The number of hydrogen-bond donors (Lipinski definition) is 1. The van der Waals surface area contributed by atoms with Crippen molar-refractivity contribution in [2.45, 2.75) is 51.9 Å². The molecular weight excluding hydrogens is 274 g/mol. The predicted molar refractivity (Wildman–Crippen MR) is 96.1 cm³/mol. The zero-order valence-corrected chi connectivity index (χ0v) is 15.4. The third-order valence-electron chi connectivity index (χ3n) is 4.19. The van der Waals surface area contributed by atoms with Gasteiger partial charge in [-0.05, 0) is 30.6 Å². The average Bonchev–Trinajstić information content (AvgIpc) is 2.41. The Morgan fingerprint density at radius 2 is 1.81 bits per heavy atom. The van der Waals surface area contributed by atoms with E-state index in [9.17, 15) is 0 Å². The van der Waals surface area contributed by atoms with Crippen molar-refractivity contribution >= 4 is 14.4 Å². The van der Waals surface area contributed by atoms with E-state index < -0.39 is 8.32 Å². The molecule has 0 aliphatic carbocycles. The van der Waals surface area contributed by atoms with Crippen LogP contribution in [0.4, 0.5) is 0 Å². The van der Waals surface area contributed by atoms with Crippen molar-refractivity contribution in [3.05, 3.63) is 42.0 Å². The number of rotatable bonds is 7. The Balaban J connectivity index is 2.29. The van der Waals surface area contributed by atoms with Gasteiger partial charge in [-0.25, -0.2) is 0 Å². The maximum Gasteiger partial charge on any atom is 0.192 e. The minimum absolute atomic E-state index is 0.278. The Kier molecular flexibility index (Phi) is 6.85. The Hall–Kier alpha value is -0.903. The molecule has 0 amide bonds. The van der Waals surface area contributed by atoms with Crippen LogP contribution in [0.3, 0.4) is 0 Å². The van der Waals surface area contributed by atoms with Crippen LogP contribution in [0.15, 0.2) is 36.4 Å². The highest BCUT2D eigenvalue weighted by atomic mass is 28.4. The van der Waals surface area contributed by atoms with E-state index >= 15 is 0 Å². The smallest absolute Gasteiger partial charge is 0.192 e. The third kappa shape index (κ3) is 6.59. The lowest BCUT2D eigenvalue weighted by molar-refractivity contribution is 0.253. The molecule has 118 valence electrons. The molecule has 1 unspecified atom stereocenters. The maximum atomic E-state index is 6.22. The van der Waals surface area contributed by atoms with Gasteiger partial charge >= 0.3 is 0 Å². The van der Waals surface area contributed by atoms with Crippen LogP contribution in [0, 0.1) is 0 Å². The largest absolute Gasteiger partial charge is 0.415 e. The fraction of sp³-hybridized carbons (Fsp3) is 0.556. The molecule has 1 aromatic carbocycles. The molecule has 3 heteroatoms. The Morgan fingerprint density at radius 1 is 1.19 bits per heavy atom. The van der Waals surface area contributed by atoms with E-state index in [1.165, 1.54) is 5.56 Å². The van der Waals surface area contributed by atoms with Gasteiger partial charge in [0.05, 0.1) is 0 Å². The first kappa shape index (κ1) is 18.1. The van der Waals surface area contributed by atoms with Crippen LogP contribution in [-0.2, 0) is 4.43 Å². The average molecular weight is 306 g/mol. The van der Waals surface area contributed by atoms with Crippen molar-refractivity contribution in [1.82, 2.24) is 5.32 Å². The first-order chi connectivity index (χ1) is 9.72. The van der Waals surface area contributed by atoms with Crippen LogP contribution in [-0.4, -0.2) is 27.5 Å². The van der Waals surface area contributed by atoms with Gasteiger partial charge in [-0.1, -0.05) is 63.3 Å². The molecule has 2 nitrogen and oxygen atoms in total. The summed E-state index contributed by atoms with van der Waals surface area (Å²) in [6, 6.07) is 10.8. The van der Waals surface area contributed by atoms with Gasteiger partial charge in [-0.2, -0.15) is 0 Å². The lowest BCUT2D eigenvalue weighted by Gasteiger charge is -2.37. The van der Waals surface area contributed by atoms with Gasteiger partial charge in [0.25, 0.3) is 0 Å². The summed E-state index contributed by atoms with van der Waals surface area (Å²) in [6.45, 7) is 15.3. The van der Waals surface area contributed by atoms with E-state index in [2.05, 4.69) is 82.5 Å². The highest BCUT2D eigenvalue weighted by Gasteiger charge is 2.37. The van der Waals surface area contributed by atoms with E-state index in [0.29, 0.717) is 6.04 Å². The summed E-state index contributed by atoms with van der Waals surface area (Å²) in [4.78, 5) is 0. The van der Waals surface area contributed by atoms with Crippen molar-refractivity contribution in [2.24, 2.45) is 0 Å². The molecule has 0 aromatic heterocycles. The van der Waals surface area contributed by atoms with Crippen LogP contribution in [0.2, 0.25) is 18.1 Å². The molecule has 1 aromatic rings. The van der Waals surface area contributed by atoms with Gasteiger partial charge in [-0.15, -0.1) is 0 Å². The molecule has 0 saturated carbocycles. The van der Waals surface area contributed by atoms with Crippen molar-refractivity contribution in [1.29, 1.82) is 0 Å². The minimum Gasteiger partial charge on any atom is -0.415 e. The van der Waals surface area contributed by atoms with Crippen molar-refractivity contribution in [3.8, 4) is 0 Å². The van der Waals surface area contributed by atoms with Crippen LogP contribution >= 0.6 is 0 Å². The van der Waals surface area contributed by atoms with Gasteiger partial charge in [0.15, 0.2) is 8.32 Å². The van der Waals surface area contributed by atoms with Gasteiger partial charge in [0.2, 0.25) is 0 Å². The first-order valence-electron chi connectivity index (χ1n) is 7.81. The molecule has 0 bridgehead atoms. The SMILES string of the molecule is CC(CO[Si](C)(C)C(C)(C)C)NC/C=C/c1ccccc1. The summed E-state index contributed by atoms with van der Waals surface area (Å²) in [5, 5.41) is 3.77. The molecule has 0 saturated heterocycles. The highest BCUT2D eigenvalue weighted by molar-refractivity contribution is 6.74. The summed E-state index contributed by atoms with van der Waals surface area (Å²) >= 11 is 0. The zero-order valence-electron chi connectivity index (χ0n) is 14.4. The Bertz CT molecular complexity index is 434. The maximum absolute atomic E-state index is 6.22. The third-order valence-corrected chi connectivity index (χ3v) is 8.70. The second-order valence-corrected chi connectivity index (χ2v) is 12.0. The predicted octanol–water partition coefficient (Wildman–Crippen LogP) is 4.70. The summed E-state index contributed by atoms with van der Waals surface area (Å²) < 4.78 is 6.22. The van der Waals surface area contributed by atoms with E-state index in [4.69, 9.17) is 4.43 Å². The van der Waals surface area contributed by atoms with E-state index in [1.807, 2.05) is 6.07 Å². The monoisotopic (exact) mass is 305 g/mol. The molecule has 0 spiro atoms. The fourth-order valence-corrected chi connectivity index (χ4v) is 2.74. The molecule has 0 fully saturated rings. The van der Waals surface area contributed by atoms with Crippen LogP contribution < -0.4 is 5.32 Å². The van der Waals surface area contributed by atoms with Gasteiger partial charge < -0.3 is 9.74 Å². The van der Waals surface area contributed by atoms with Crippen LogP contribution in [0.5, 0.6) is 0 Å². The van der Waals surface area contributed by atoms with Crippen molar-refractivity contribution < 1.29 is 4.43 Å². The number of benzene rings is 1. The number of hydrogen-bond acceptors (Lipinski definition) is 2. The highest BCUT2D eigenvalue weighted by Crippen LogP contribution is 2.36. The van der Waals surface area contributed by atoms with Gasteiger partial charge in [0.1, 0.15) is 0 Å². The zero-order chi connectivity index (χ0) is 15.9. The summed E-state index contributed by atoms with van der Waals surface area (Å²) in [7, 11) is -1.63. The van der Waals surface area contributed by atoms with Crippen molar-refractivity contribution in [3.63, 3.8) is 0 Å². The molecule has 0 radical (unpaired) electrons. The van der Waals surface area contributed by atoms with E-state index in [0.717, 1.165) is 13.2 Å². The standard InChI is InChI=1S/C18H31NOSi/c1-16(15-20-21(5,6)18(2,3)4)19-14-10-13-17-11-8-7-9-12-17/h7-13,16,19H,14-15H2,1-6H3/b13-10+.